The summed E-state index contributed by atoms with van der Waals surface area (Å²) in [6, 6.07) is 9.72. The van der Waals surface area contributed by atoms with Gasteiger partial charge >= 0.3 is 0 Å². The van der Waals surface area contributed by atoms with E-state index in [0.717, 1.165) is 16.9 Å². The predicted octanol–water partition coefficient (Wildman–Crippen LogP) is 4.11. The van der Waals surface area contributed by atoms with Gasteiger partial charge in [0.15, 0.2) is 0 Å². The van der Waals surface area contributed by atoms with Crippen LogP contribution in [0.15, 0.2) is 36.5 Å². The number of nitrogens with zero attached hydrogens (tertiary/aromatic N) is 1. The molecule has 0 saturated heterocycles. The van der Waals surface area contributed by atoms with Gasteiger partial charge in [-0.25, -0.2) is 4.98 Å². The lowest BCUT2D eigenvalue weighted by atomic mass is 10.0. The van der Waals surface area contributed by atoms with E-state index in [1.165, 1.54) is 0 Å². The minimum absolute atomic E-state index is 0.365. The molecule has 1 heterocycles. The molecular weight excluding hydrogens is 260 g/mol. The van der Waals surface area contributed by atoms with Crippen molar-refractivity contribution in [2.45, 2.75) is 26.3 Å². The molecule has 0 atom stereocenters. The number of para-hydroxylation sites is 1. The first-order chi connectivity index (χ1) is 9.11. The summed E-state index contributed by atoms with van der Waals surface area (Å²) >= 11 is 5.98. The summed E-state index contributed by atoms with van der Waals surface area (Å²) in [6.45, 7) is 4.62. The standard InChI is InChI=1S/C15H17ClN2O/c1-10(2)12-5-3-4-6-14(12)19-15-7-11(8-17)13(16)9-18-15/h3-7,9-10H,8,17H2,1-2H3. The number of hydrogen-bond donors (Lipinski definition) is 1. The molecule has 3 nitrogen and oxygen atoms in total. The van der Waals surface area contributed by atoms with Crippen molar-refractivity contribution in [3.8, 4) is 11.6 Å². The van der Waals surface area contributed by atoms with Crippen LogP contribution in [0.25, 0.3) is 0 Å². The third-order valence-electron chi connectivity index (χ3n) is 2.89. The van der Waals surface area contributed by atoms with Crippen molar-refractivity contribution < 1.29 is 4.74 Å². The van der Waals surface area contributed by atoms with Crippen LogP contribution in [0, 0.1) is 0 Å². The summed E-state index contributed by atoms with van der Waals surface area (Å²) in [7, 11) is 0. The van der Waals surface area contributed by atoms with Crippen LogP contribution in [-0.2, 0) is 6.54 Å². The van der Waals surface area contributed by atoms with Crippen molar-refractivity contribution in [1.82, 2.24) is 4.98 Å². The van der Waals surface area contributed by atoms with Gasteiger partial charge in [0, 0.05) is 18.8 Å². The van der Waals surface area contributed by atoms with Gasteiger partial charge in [-0.05, 0) is 23.1 Å². The maximum Gasteiger partial charge on any atom is 0.219 e. The molecule has 1 aromatic carbocycles. The maximum atomic E-state index is 5.98. The van der Waals surface area contributed by atoms with Gasteiger partial charge in [0.05, 0.1) is 5.02 Å². The number of hydrogen-bond acceptors (Lipinski definition) is 3. The Labute approximate surface area is 118 Å². The monoisotopic (exact) mass is 276 g/mol. The van der Waals surface area contributed by atoms with E-state index >= 15 is 0 Å². The minimum atomic E-state index is 0.365. The number of ether oxygens (including phenoxy) is 1. The highest BCUT2D eigenvalue weighted by molar-refractivity contribution is 6.31. The average molecular weight is 277 g/mol. The Kier molecular flexibility index (Phi) is 4.40. The van der Waals surface area contributed by atoms with E-state index in [4.69, 9.17) is 22.1 Å². The molecular formula is C15H17ClN2O. The molecule has 0 aliphatic heterocycles. The van der Waals surface area contributed by atoms with Crippen LogP contribution in [0.3, 0.4) is 0 Å². The lowest BCUT2D eigenvalue weighted by Gasteiger charge is -2.13. The summed E-state index contributed by atoms with van der Waals surface area (Å²) in [6.07, 6.45) is 1.57. The average Bonchev–Trinajstić information content (AvgIpc) is 2.41. The zero-order valence-electron chi connectivity index (χ0n) is 11.1. The summed E-state index contributed by atoms with van der Waals surface area (Å²) < 4.78 is 5.84. The molecule has 0 unspecified atom stereocenters. The number of pyridine rings is 1. The van der Waals surface area contributed by atoms with Crippen LogP contribution < -0.4 is 10.5 Å². The van der Waals surface area contributed by atoms with E-state index < -0.39 is 0 Å². The van der Waals surface area contributed by atoms with Crippen LogP contribution in [0.2, 0.25) is 5.02 Å². The Balaban J connectivity index is 2.31. The Morgan fingerprint density at radius 2 is 2.05 bits per heavy atom. The van der Waals surface area contributed by atoms with Gasteiger partial charge in [-0.3, -0.25) is 0 Å². The zero-order valence-corrected chi connectivity index (χ0v) is 11.8. The molecule has 4 heteroatoms. The number of rotatable bonds is 4. The van der Waals surface area contributed by atoms with Crippen LogP contribution in [0.1, 0.15) is 30.9 Å². The van der Waals surface area contributed by atoms with Crippen molar-refractivity contribution in [2.75, 3.05) is 0 Å². The van der Waals surface area contributed by atoms with Gasteiger partial charge in [-0.2, -0.15) is 0 Å². The van der Waals surface area contributed by atoms with Gasteiger partial charge in [0.2, 0.25) is 5.88 Å². The molecule has 0 radical (unpaired) electrons. The summed E-state index contributed by atoms with van der Waals surface area (Å²) in [5, 5.41) is 0.562. The van der Waals surface area contributed by atoms with Crippen LogP contribution >= 0.6 is 11.6 Å². The van der Waals surface area contributed by atoms with Crippen molar-refractivity contribution in [3.63, 3.8) is 0 Å². The lowest BCUT2D eigenvalue weighted by molar-refractivity contribution is 0.453. The van der Waals surface area contributed by atoms with Crippen LogP contribution in [0.5, 0.6) is 11.6 Å². The quantitative estimate of drug-likeness (QED) is 0.914. The molecule has 0 amide bonds. The van der Waals surface area contributed by atoms with Gasteiger partial charge in [0.25, 0.3) is 0 Å². The molecule has 0 aliphatic carbocycles. The molecule has 2 aromatic rings. The Morgan fingerprint density at radius 1 is 1.32 bits per heavy atom. The summed E-state index contributed by atoms with van der Waals surface area (Å²) in [4.78, 5) is 4.17. The Bertz CT molecular complexity index is 570. The van der Waals surface area contributed by atoms with E-state index in [-0.39, 0.29) is 0 Å². The number of nitrogens with two attached hydrogens (primary N) is 1. The van der Waals surface area contributed by atoms with Crippen molar-refractivity contribution in [2.24, 2.45) is 5.73 Å². The van der Waals surface area contributed by atoms with Gasteiger partial charge < -0.3 is 10.5 Å². The minimum Gasteiger partial charge on any atom is -0.439 e. The number of benzene rings is 1. The summed E-state index contributed by atoms with van der Waals surface area (Å²) in [5.41, 5.74) is 7.60. The van der Waals surface area contributed by atoms with Gasteiger partial charge in [0.1, 0.15) is 5.75 Å². The SMILES string of the molecule is CC(C)c1ccccc1Oc1cc(CN)c(Cl)cn1. The van der Waals surface area contributed by atoms with E-state index in [9.17, 15) is 0 Å². The molecule has 0 spiro atoms. The molecule has 0 bridgehead atoms. The number of aromatic nitrogens is 1. The summed E-state index contributed by atoms with van der Waals surface area (Å²) in [5.74, 6) is 1.71. The topological polar surface area (TPSA) is 48.1 Å². The first kappa shape index (κ1) is 13.8. The molecule has 0 aliphatic rings. The lowest BCUT2D eigenvalue weighted by Crippen LogP contribution is -2.00. The predicted molar refractivity (Wildman–Crippen MR) is 77.7 cm³/mol. The van der Waals surface area contributed by atoms with E-state index in [2.05, 4.69) is 24.9 Å². The fourth-order valence-electron chi connectivity index (χ4n) is 1.83. The van der Waals surface area contributed by atoms with Crippen LogP contribution in [-0.4, -0.2) is 4.98 Å². The maximum absolute atomic E-state index is 5.98. The van der Waals surface area contributed by atoms with Gasteiger partial charge in [-0.1, -0.05) is 43.6 Å². The van der Waals surface area contributed by atoms with Crippen LogP contribution in [0.4, 0.5) is 0 Å². The van der Waals surface area contributed by atoms with Crippen molar-refractivity contribution in [3.05, 3.63) is 52.7 Å². The third-order valence-corrected chi connectivity index (χ3v) is 3.23. The Hall–Kier alpha value is -1.58. The fraction of sp³-hybridized carbons (Fsp3) is 0.267. The second-order valence-corrected chi connectivity index (χ2v) is 5.02. The molecule has 1 aromatic heterocycles. The third kappa shape index (κ3) is 3.25. The second kappa shape index (κ2) is 6.04. The first-order valence-corrected chi connectivity index (χ1v) is 6.61. The van der Waals surface area contributed by atoms with E-state index in [1.54, 1.807) is 12.3 Å². The van der Waals surface area contributed by atoms with Crippen molar-refractivity contribution >= 4 is 11.6 Å². The molecule has 0 saturated carbocycles. The zero-order chi connectivity index (χ0) is 13.8. The molecule has 100 valence electrons. The molecule has 0 fully saturated rings. The van der Waals surface area contributed by atoms with E-state index in [0.29, 0.717) is 23.4 Å². The highest BCUT2D eigenvalue weighted by Gasteiger charge is 2.09. The smallest absolute Gasteiger partial charge is 0.219 e. The van der Waals surface area contributed by atoms with Gasteiger partial charge in [-0.15, -0.1) is 0 Å². The molecule has 19 heavy (non-hydrogen) atoms. The first-order valence-electron chi connectivity index (χ1n) is 6.23. The second-order valence-electron chi connectivity index (χ2n) is 4.61. The van der Waals surface area contributed by atoms with Crippen molar-refractivity contribution in [1.29, 1.82) is 0 Å². The number of halogens is 1. The fourth-order valence-corrected chi connectivity index (χ4v) is 2.01. The molecule has 2 rings (SSSR count). The van der Waals surface area contributed by atoms with E-state index in [1.807, 2.05) is 18.2 Å². The normalized spacial score (nSPS) is 10.8. The molecule has 2 N–H and O–H groups in total. The highest BCUT2D eigenvalue weighted by Crippen LogP contribution is 2.30. The largest absolute Gasteiger partial charge is 0.439 e. The highest BCUT2D eigenvalue weighted by atomic mass is 35.5. The Morgan fingerprint density at radius 3 is 2.74 bits per heavy atom.